The van der Waals surface area contributed by atoms with Crippen LogP contribution in [0.2, 0.25) is 0 Å². The van der Waals surface area contributed by atoms with Gasteiger partial charge in [-0.2, -0.15) is 8.78 Å². The molecule has 2 rings (SSSR count). The van der Waals surface area contributed by atoms with Crippen molar-refractivity contribution in [2.45, 2.75) is 58.5 Å². The lowest BCUT2D eigenvalue weighted by Crippen LogP contribution is -2.15. The Morgan fingerprint density at radius 2 is 1.67 bits per heavy atom. The maximum atomic E-state index is 13.7. The maximum Gasteiger partial charge on any atom is 0.387 e. The van der Waals surface area contributed by atoms with Gasteiger partial charge in [-0.25, -0.2) is 8.78 Å². The zero-order valence-corrected chi connectivity index (χ0v) is 13.9. The van der Waals surface area contributed by atoms with Gasteiger partial charge in [0.2, 0.25) is 0 Å². The van der Waals surface area contributed by atoms with Crippen LogP contribution in [0.1, 0.15) is 51.0 Å². The summed E-state index contributed by atoms with van der Waals surface area (Å²) in [4.78, 5) is 0. The second-order valence-electron chi connectivity index (χ2n) is 6.50. The molecule has 0 radical (unpaired) electrons. The van der Waals surface area contributed by atoms with E-state index in [4.69, 9.17) is 0 Å². The Balaban J connectivity index is 1.85. The fourth-order valence-electron chi connectivity index (χ4n) is 3.41. The average Bonchev–Trinajstić information content (AvgIpc) is 2.55. The normalized spacial score (nSPS) is 21.6. The minimum atomic E-state index is -3.24. The Bertz CT molecular complexity index is 525. The Hall–Kier alpha value is -1.52. The second-order valence-corrected chi connectivity index (χ2v) is 6.50. The third kappa shape index (κ3) is 5.53. The Morgan fingerprint density at radius 3 is 2.21 bits per heavy atom. The minimum Gasteiger partial charge on any atom is -0.429 e. The van der Waals surface area contributed by atoms with Gasteiger partial charge in [0, 0.05) is 0 Å². The molecule has 0 spiro atoms. The molecule has 0 heterocycles. The molecule has 1 fully saturated rings. The molecule has 0 unspecified atom stereocenters. The molecule has 134 valence electrons. The number of aryl methyl sites for hydroxylation is 1. The molecule has 0 bridgehead atoms. The maximum absolute atomic E-state index is 13.7. The molecule has 0 aliphatic heterocycles. The summed E-state index contributed by atoms with van der Waals surface area (Å²) in [6.45, 7) is -1.21. The first-order chi connectivity index (χ1) is 11.5. The topological polar surface area (TPSA) is 9.23 Å². The minimum absolute atomic E-state index is 0.489. The highest BCUT2D eigenvalue weighted by molar-refractivity contribution is 5.31. The van der Waals surface area contributed by atoms with Gasteiger partial charge in [0.1, 0.15) is 0 Å². The first-order valence-electron chi connectivity index (χ1n) is 8.53. The van der Waals surface area contributed by atoms with Crippen LogP contribution in [0.5, 0.6) is 5.75 Å². The molecule has 0 aromatic heterocycles. The fraction of sp³-hybridized carbons (Fsp3) is 0.579. The molecule has 5 heteroatoms. The summed E-state index contributed by atoms with van der Waals surface area (Å²) >= 11 is 0. The number of allylic oxidation sites excluding steroid dienone is 2. The molecule has 0 saturated heterocycles. The van der Waals surface area contributed by atoms with Crippen LogP contribution < -0.4 is 4.74 Å². The van der Waals surface area contributed by atoms with Crippen molar-refractivity contribution in [3.63, 3.8) is 0 Å². The monoisotopic (exact) mass is 344 g/mol. The van der Waals surface area contributed by atoms with Crippen molar-refractivity contribution < 1.29 is 22.3 Å². The van der Waals surface area contributed by atoms with Crippen molar-refractivity contribution in [3.05, 3.63) is 41.5 Å². The van der Waals surface area contributed by atoms with E-state index >= 15 is 0 Å². The van der Waals surface area contributed by atoms with E-state index in [2.05, 4.69) is 16.9 Å². The average molecular weight is 344 g/mol. The van der Waals surface area contributed by atoms with Crippen LogP contribution in [0, 0.1) is 23.5 Å². The van der Waals surface area contributed by atoms with Crippen molar-refractivity contribution in [2.75, 3.05) is 0 Å². The Kier molecular flexibility index (Phi) is 7.13. The van der Waals surface area contributed by atoms with Gasteiger partial charge in [-0.15, -0.1) is 0 Å². The zero-order chi connectivity index (χ0) is 17.5. The summed E-state index contributed by atoms with van der Waals surface area (Å²) in [5.41, 5.74) is 0.489. The van der Waals surface area contributed by atoms with Crippen LogP contribution in [-0.4, -0.2) is 6.61 Å². The number of halogens is 4. The van der Waals surface area contributed by atoms with Crippen LogP contribution in [-0.2, 0) is 6.42 Å². The Morgan fingerprint density at radius 1 is 1.08 bits per heavy atom. The van der Waals surface area contributed by atoms with Crippen molar-refractivity contribution in [1.29, 1.82) is 0 Å². The van der Waals surface area contributed by atoms with Gasteiger partial charge < -0.3 is 4.74 Å². The molecule has 1 aromatic rings. The smallest absolute Gasteiger partial charge is 0.387 e. The molecule has 1 aromatic carbocycles. The quantitative estimate of drug-likeness (QED) is 0.418. The van der Waals surface area contributed by atoms with Crippen LogP contribution in [0.4, 0.5) is 17.6 Å². The molecule has 0 N–H and O–H groups in total. The van der Waals surface area contributed by atoms with Crippen molar-refractivity contribution >= 4 is 0 Å². The highest BCUT2D eigenvalue weighted by Crippen LogP contribution is 2.34. The lowest BCUT2D eigenvalue weighted by Gasteiger charge is -2.28. The summed E-state index contributed by atoms with van der Waals surface area (Å²) in [7, 11) is 0. The van der Waals surface area contributed by atoms with Gasteiger partial charge in [0.05, 0.1) is 0 Å². The van der Waals surface area contributed by atoms with Gasteiger partial charge >= 0.3 is 6.61 Å². The summed E-state index contributed by atoms with van der Waals surface area (Å²) in [6, 6.07) is 2.19. The van der Waals surface area contributed by atoms with Crippen molar-refractivity contribution in [1.82, 2.24) is 0 Å². The van der Waals surface area contributed by atoms with E-state index in [1.165, 1.54) is 12.8 Å². The fourth-order valence-corrected chi connectivity index (χ4v) is 3.41. The molecule has 1 saturated carbocycles. The van der Waals surface area contributed by atoms with Crippen LogP contribution >= 0.6 is 0 Å². The largest absolute Gasteiger partial charge is 0.429 e. The van der Waals surface area contributed by atoms with Crippen molar-refractivity contribution in [2.24, 2.45) is 11.8 Å². The Labute approximate surface area is 140 Å². The second kappa shape index (κ2) is 9.09. The van der Waals surface area contributed by atoms with Crippen LogP contribution in [0.3, 0.4) is 0 Å². The third-order valence-electron chi connectivity index (χ3n) is 4.78. The number of hydrogen-bond acceptors (Lipinski definition) is 1. The highest BCUT2D eigenvalue weighted by atomic mass is 19.3. The third-order valence-corrected chi connectivity index (χ3v) is 4.78. The van der Waals surface area contributed by atoms with E-state index < -0.39 is 24.0 Å². The van der Waals surface area contributed by atoms with Crippen LogP contribution in [0.25, 0.3) is 0 Å². The first kappa shape index (κ1) is 18.8. The summed E-state index contributed by atoms with van der Waals surface area (Å²) in [5.74, 6) is -1.83. The van der Waals surface area contributed by atoms with E-state index in [0.29, 0.717) is 17.9 Å². The first-order valence-corrected chi connectivity index (χ1v) is 8.53. The van der Waals surface area contributed by atoms with Gasteiger partial charge in [-0.1, -0.05) is 25.0 Å². The lowest BCUT2D eigenvalue weighted by atomic mass is 9.78. The predicted molar refractivity (Wildman–Crippen MR) is 86.2 cm³/mol. The van der Waals surface area contributed by atoms with E-state index in [0.717, 1.165) is 43.7 Å². The molecule has 1 nitrogen and oxygen atoms in total. The molecular weight excluding hydrogens is 320 g/mol. The van der Waals surface area contributed by atoms with Gasteiger partial charge in [-0.05, 0) is 68.6 Å². The molecule has 1 aliphatic rings. The predicted octanol–water partition coefficient (Wildman–Crippen LogP) is 6.27. The molecule has 0 atom stereocenters. The molecule has 1 aliphatic carbocycles. The zero-order valence-electron chi connectivity index (χ0n) is 13.9. The molecule has 0 amide bonds. The number of hydrogen-bond donors (Lipinski definition) is 0. The molecular formula is C19H24F4O. The van der Waals surface area contributed by atoms with E-state index in [9.17, 15) is 17.6 Å². The number of rotatable bonds is 7. The van der Waals surface area contributed by atoms with Crippen LogP contribution in [0.15, 0.2) is 24.3 Å². The van der Waals surface area contributed by atoms with Gasteiger partial charge in [0.15, 0.2) is 17.4 Å². The summed E-state index contributed by atoms with van der Waals surface area (Å²) in [6.07, 6.45) is 11.5. The van der Waals surface area contributed by atoms with Crippen molar-refractivity contribution in [3.8, 4) is 5.75 Å². The number of benzene rings is 1. The standard InChI is InChI=1S/C19H24F4O/c1-2-3-4-13-5-7-14(8-6-13)9-10-15-11-16(20)18(17(21)12-15)24-19(22)23/h2-3,11-14,19H,4-10H2,1H3/b3-2+. The number of ether oxygens (including phenoxy) is 1. The van der Waals surface area contributed by atoms with E-state index in [1.807, 2.05) is 6.92 Å². The highest BCUT2D eigenvalue weighted by Gasteiger charge is 2.21. The van der Waals surface area contributed by atoms with Gasteiger partial charge in [-0.3, -0.25) is 0 Å². The number of alkyl halides is 2. The summed E-state index contributed by atoms with van der Waals surface area (Å²) in [5, 5.41) is 0. The van der Waals surface area contributed by atoms with Gasteiger partial charge in [0.25, 0.3) is 0 Å². The SMILES string of the molecule is C/C=C/CC1CCC(CCc2cc(F)c(OC(F)F)c(F)c2)CC1. The molecule has 24 heavy (non-hydrogen) atoms. The summed E-state index contributed by atoms with van der Waals surface area (Å²) < 4.78 is 55.5. The van der Waals surface area contributed by atoms with E-state index in [1.54, 1.807) is 0 Å². The lowest BCUT2D eigenvalue weighted by molar-refractivity contribution is -0.0546. The van der Waals surface area contributed by atoms with E-state index in [-0.39, 0.29) is 0 Å².